The van der Waals surface area contributed by atoms with E-state index in [0.717, 1.165) is 44.8 Å². The third-order valence-electron chi connectivity index (χ3n) is 7.05. The molecule has 2 aliphatic heterocycles. The second-order valence-corrected chi connectivity index (χ2v) is 9.23. The van der Waals surface area contributed by atoms with Crippen LogP contribution in [0, 0.1) is 5.41 Å². The van der Waals surface area contributed by atoms with Crippen LogP contribution in [0.1, 0.15) is 47.8 Å². The summed E-state index contributed by atoms with van der Waals surface area (Å²) in [5.41, 5.74) is 1.29. The largest absolute Gasteiger partial charge is 0.393 e. The third-order valence-corrected chi connectivity index (χ3v) is 7.05. The molecular formula is C24H31N5O4. The minimum atomic E-state index is -1.08. The van der Waals surface area contributed by atoms with Crippen molar-refractivity contribution < 1.29 is 19.7 Å². The Morgan fingerprint density at radius 1 is 1.03 bits per heavy atom. The van der Waals surface area contributed by atoms with Crippen molar-refractivity contribution in [2.75, 3.05) is 61.1 Å². The van der Waals surface area contributed by atoms with Crippen LogP contribution in [0.5, 0.6) is 0 Å². The first-order valence-electron chi connectivity index (χ1n) is 11.7. The van der Waals surface area contributed by atoms with E-state index >= 15 is 0 Å². The molecule has 1 amide bonds. The first-order valence-corrected chi connectivity index (χ1v) is 11.7. The van der Waals surface area contributed by atoms with Gasteiger partial charge in [0, 0.05) is 26.2 Å². The number of hydrogen-bond donors (Lipinski definition) is 3. The van der Waals surface area contributed by atoms with Crippen molar-refractivity contribution in [2.45, 2.75) is 31.8 Å². The van der Waals surface area contributed by atoms with Crippen LogP contribution in [-0.4, -0.2) is 72.1 Å². The number of piperidine rings is 1. The molecule has 2 saturated heterocycles. The van der Waals surface area contributed by atoms with Gasteiger partial charge in [-0.25, -0.2) is 9.97 Å². The molecule has 3 N–H and O–H groups in total. The summed E-state index contributed by atoms with van der Waals surface area (Å²) in [6, 6.07) is 8.87. The lowest BCUT2D eigenvalue weighted by Crippen LogP contribution is -2.37. The summed E-state index contributed by atoms with van der Waals surface area (Å²) in [5, 5.41) is 22.4. The molecule has 0 radical (unpaired) electrons. The van der Waals surface area contributed by atoms with E-state index in [1.165, 1.54) is 12.8 Å². The molecule has 1 spiro atoms. The van der Waals surface area contributed by atoms with E-state index in [2.05, 4.69) is 25.1 Å². The highest BCUT2D eigenvalue weighted by Gasteiger charge is 2.45. The monoisotopic (exact) mass is 453 g/mol. The fourth-order valence-electron chi connectivity index (χ4n) is 4.68. The van der Waals surface area contributed by atoms with Gasteiger partial charge in [0.1, 0.15) is 23.6 Å². The lowest BCUT2D eigenvalue weighted by molar-refractivity contribution is 0.0921. The predicted molar refractivity (Wildman–Crippen MR) is 125 cm³/mol. The van der Waals surface area contributed by atoms with Gasteiger partial charge in [0.2, 0.25) is 0 Å². The van der Waals surface area contributed by atoms with Gasteiger partial charge in [-0.2, -0.15) is 0 Å². The smallest absolute Gasteiger partial charge is 0.260 e. The summed E-state index contributed by atoms with van der Waals surface area (Å²) >= 11 is 0. The normalized spacial score (nSPS) is 20.5. The second-order valence-electron chi connectivity index (χ2n) is 9.23. The van der Waals surface area contributed by atoms with Gasteiger partial charge in [-0.05, 0) is 55.4 Å². The van der Waals surface area contributed by atoms with Crippen molar-refractivity contribution in [2.24, 2.45) is 5.41 Å². The van der Waals surface area contributed by atoms with E-state index in [1.807, 2.05) is 12.1 Å². The highest BCUT2D eigenvalue weighted by Crippen LogP contribution is 2.54. The third kappa shape index (κ3) is 4.80. The quantitative estimate of drug-likeness (QED) is 0.609. The molecule has 9 nitrogen and oxygen atoms in total. The van der Waals surface area contributed by atoms with Gasteiger partial charge < -0.3 is 30.1 Å². The number of aliphatic hydroxyl groups excluding tert-OH is 2. The fraction of sp³-hybridized carbons (Fsp3) is 0.542. The summed E-state index contributed by atoms with van der Waals surface area (Å²) in [6.45, 7) is 4.10. The number of pyridine rings is 2. The topological polar surface area (TPSA) is 111 Å². The van der Waals surface area contributed by atoms with Crippen molar-refractivity contribution in [3.63, 3.8) is 0 Å². The van der Waals surface area contributed by atoms with Gasteiger partial charge in [-0.1, -0.05) is 6.07 Å². The van der Waals surface area contributed by atoms with E-state index in [9.17, 15) is 15.0 Å². The molecule has 4 heterocycles. The van der Waals surface area contributed by atoms with E-state index in [-0.39, 0.29) is 5.91 Å². The highest BCUT2D eigenvalue weighted by molar-refractivity contribution is 6.07. The Hall–Kier alpha value is -2.75. The van der Waals surface area contributed by atoms with Crippen LogP contribution >= 0.6 is 0 Å². The molecule has 0 aromatic carbocycles. The second kappa shape index (κ2) is 9.24. The fourth-order valence-corrected chi connectivity index (χ4v) is 4.68. The first kappa shape index (κ1) is 22.1. The van der Waals surface area contributed by atoms with E-state index in [0.29, 0.717) is 41.5 Å². The van der Waals surface area contributed by atoms with Crippen molar-refractivity contribution in [1.29, 1.82) is 0 Å². The Morgan fingerprint density at radius 2 is 1.79 bits per heavy atom. The molecule has 2 aromatic heterocycles. The lowest BCUT2D eigenvalue weighted by atomic mass is 9.93. The molecule has 176 valence electrons. The molecule has 1 aliphatic carbocycles. The molecule has 5 rings (SSSR count). The Bertz CT molecular complexity index is 996. The summed E-state index contributed by atoms with van der Waals surface area (Å²) < 4.78 is 5.41. The van der Waals surface area contributed by atoms with Crippen molar-refractivity contribution in [1.82, 2.24) is 9.97 Å². The molecule has 3 aliphatic rings. The maximum atomic E-state index is 13.3. The van der Waals surface area contributed by atoms with Gasteiger partial charge >= 0.3 is 0 Å². The number of hydrogen-bond acceptors (Lipinski definition) is 8. The molecule has 33 heavy (non-hydrogen) atoms. The zero-order chi connectivity index (χ0) is 22.8. The number of carbonyl (C=O) groups excluding carboxylic acids is 1. The number of morpholine rings is 1. The Balaban J connectivity index is 1.37. The van der Waals surface area contributed by atoms with Crippen molar-refractivity contribution in [3.05, 3.63) is 41.6 Å². The number of nitrogens with zero attached hydrogens (tertiary/aromatic N) is 4. The number of amides is 1. The van der Waals surface area contributed by atoms with E-state index in [1.54, 1.807) is 18.2 Å². The number of rotatable bonds is 6. The minimum Gasteiger partial charge on any atom is -0.393 e. The van der Waals surface area contributed by atoms with Crippen LogP contribution in [-0.2, 0) is 4.74 Å². The number of carbonyl (C=O) groups is 1. The molecule has 0 bridgehead atoms. The SMILES string of the molecule is O=C(Nc1cccc(N2CCOCC2)n1)c1ccc(C(O)CO)nc1N1CCC2(CC1)CC2. The molecule has 2 aromatic rings. The van der Waals surface area contributed by atoms with E-state index in [4.69, 9.17) is 4.74 Å². The number of ether oxygens (including phenoxy) is 1. The van der Waals surface area contributed by atoms with E-state index < -0.39 is 12.7 Å². The number of nitrogens with one attached hydrogen (secondary N) is 1. The number of anilines is 3. The molecule has 3 fully saturated rings. The van der Waals surface area contributed by atoms with Gasteiger partial charge in [0.25, 0.3) is 5.91 Å². The molecule has 1 atom stereocenters. The van der Waals surface area contributed by atoms with Crippen LogP contribution in [0.2, 0.25) is 0 Å². The summed E-state index contributed by atoms with van der Waals surface area (Å²) in [7, 11) is 0. The maximum Gasteiger partial charge on any atom is 0.260 e. The summed E-state index contributed by atoms with van der Waals surface area (Å²) in [4.78, 5) is 26.8. The summed E-state index contributed by atoms with van der Waals surface area (Å²) in [6.07, 6.45) is 3.68. The standard InChI is InChI=1S/C24H31N5O4/c30-16-19(31)18-5-4-17(22(25-18)29-10-8-24(6-7-24)9-11-29)23(32)27-20-2-1-3-21(26-20)28-12-14-33-15-13-28/h1-5,19,30-31H,6-16H2,(H,26,27,32). The molecule has 9 heteroatoms. The molecular weight excluding hydrogens is 422 g/mol. The van der Waals surface area contributed by atoms with Crippen molar-refractivity contribution in [3.8, 4) is 0 Å². The van der Waals surface area contributed by atoms with Crippen LogP contribution in [0.3, 0.4) is 0 Å². The molecule has 1 unspecified atom stereocenters. The lowest BCUT2D eigenvalue weighted by Gasteiger charge is -2.34. The van der Waals surface area contributed by atoms with Gasteiger partial charge in [0.15, 0.2) is 0 Å². The van der Waals surface area contributed by atoms with Crippen LogP contribution in [0.25, 0.3) is 0 Å². The predicted octanol–water partition coefficient (Wildman–Crippen LogP) is 1.97. The van der Waals surface area contributed by atoms with Crippen LogP contribution in [0.15, 0.2) is 30.3 Å². The highest BCUT2D eigenvalue weighted by atomic mass is 16.5. The van der Waals surface area contributed by atoms with Gasteiger partial charge in [-0.15, -0.1) is 0 Å². The summed E-state index contributed by atoms with van der Waals surface area (Å²) in [5.74, 6) is 1.55. The Morgan fingerprint density at radius 3 is 2.48 bits per heavy atom. The first-order chi connectivity index (χ1) is 16.1. The molecule has 1 saturated carbocycles. The Kier molecular flexibility index (Phi) is 6.18. The average molecular weight is 454 g/mol. The van der Waals surface area contributed by atoms with Gasteiger partial charge in [-0.3, -0.25) is 4.79 Å². The Labute approximate surface area is 193 Å². The number of aliphatic hydroxyl groups is 2. The van der Waals surface area contributed by atoms with Gasteiger partial charge in [0.05, 0.1) is 31.1 Å². The van der Waals surface area contributed by atoms with Crippen LogP contribution in [0.4, 0.5) is 17.5 Å². The van der Waals surface area contributed by atoms with Crippen LogP contribution < -0.4 is 15.1 Å². The maximum absolute atomic E-state index is 13.3. The average Bonchev–Trinajstić information content (AvgIpc) is 3.63. The minimum absolute atomic E-state index is 0.291. The van der Waals surface area contributed by atoms with Crippen molar-refractivity contribution >= 4 is 23.4 Å². The zero-order valence-corrected chi connectivity index (χ0v) is 18.7. The zero-order valence-electron chi connectivity index (χ0n) is 18.7. The number of aromatic nitrogens is 2.